The molecule has 0 spiro atoms. The summed E-state index contributed by atoms with van der Waals surface area (Å²) >= 11 is 0. The fourth-order valence-corrected chi connectivity index (χ4v) is 2.14. The van der Waals surface area contributed by atoms with Gasteiger partial charge in [-0.15, -0.1) is 0 Å². The number of rotatable bonds is 2. The van der Waals surface area contributed by atoms with Gasteiger partial charge in [-0.1, -0.05) is 0 Å². The van der Waals surface area contributed by atoms with E-state index in [1.165, 1.54) is 0 Å². The molecule has 1 fully saturated rings. The van der Waals surface area contributed by atoms with E-state index in [1.807, 2.05) is 6.92 Å². The van der Waals surface area contributed by atoms with Gasteiger partial charge in [-0.25, -0.2) is 4.98 Å². The molecule has 1 aliphatic heterocycles. The van der Waals surface area contributed by atoms with Crippen LogP contribution in [-0.2, 0) is 6.18 Å². The number of nitro groups is 1. The Balaban J connectivity index is 2.44. The molecule has 1 saturated heterocycles. The highest BCUT2D eigenvalue weighted by Crippen LogP contribution is 2.35. The van der Waals surface area contributed by atoms with Gasteiger partial charge in [-0.3, -0.25) is 10.1 Å². The van der Waals surface area contributed by atoms with E-state index >= 15 is 0 Å². The SMILES string of the molecule is CC1CN(c2cc(C(F)(F)F)ncc2[N+](=O)[O-])CCN1. The van der Waals surface area contributed by atoms with Crippen LogP contribution in [0.1, 0.15) is 12.6 Å². The van der Waals surface area contributed by atoms with Crippen molar-refractivity contribution in [2.45, 2.75) is 19.1 Å². The minimum absolute atomic E-state index is 0.0364. The van der Waals surface area contributed by atoms with Crippen molar-refractivity contribution in [3.8, 4) is 0 Å². The quantitative estimate of drug-likeness (QED) is 0.664. The Bertz CT molecular complexity index is 521. The molecule has 6 nitrogen and oxygen atoms in total. The zero-order chi connectivity index (χ0) is 14.9. The standard InChI is InChI=1S/C11H13F3N4O2/c1-7-6-17(3-2-15-7)8-4-10(11(12,13)14)16-5-9(8)18(19)20/h4-5,7,15H,2-3,6H2,1H3. The molecule has 110 valence electrons. The lowest BCUT2D eigenvalue weighted by Gasteiger charge is -2.33. The number of pyridine rings is 1. The van der Waals surface area contributed by atoms with E-state index in [2.05, 4.69) is 10.3 Å². The van der Waals surface area contributed by atoms with Crippen LogP contribution >= 0.6 is 0 Å². The second-order valence-electron chi connectivity index (χ2n) is 4.61. The maximum absolute atomic E-state index is 12.7. The first-order valence-corrected chi connectivity index (χ1v) is 5.99. The van der Waals surface area contributed by atoms with Crippen molar-refractivity contribution < 1.29 is 18.1 Å². The van der Waals surface area contributed by atoms with Crippen molar-refractivity contribution in [2.24, 2.45) is 0 Å². The number of nitrogens with one attached hydrogen (secondary N) is 1. The molecule has 0 aromatic carbocycles. The fourth-order valence-electron chi connectivity index (χ4n) is 2.14. The number of hydrogen-bond acceptors (Lipinski definition) is 5. The Labute approximate surface area is 112 Å². The highest BCUT2D eigenvalue weighted by atomic mass is 19.4. The summed E-state index contributed by atoms with van der Waals surface area (Å²) in [6, 6.07) is 0.793. The van der Waals surface area contributed by atoms with Crippen LogP contribution in [-0.4, -0.2) is 35.6 Å². The van der Waals surface area contributed by atoms with Crippen molar-refractivity contribution in [3.63, 3.8) is 0 Å². The van der Waals surface area contributed by atoms with Gasteiger partial charge in [0.1, 0.15) is 17.6 Å². The van der Waals surface area contributed by atoms with Gasteiger partial charge < -0.3 is 10.2 Å². The highest BCUT2D eigenvalue weighted by Gasteiger charge is 2.35. The minimum atomic E-state index is -4.62. The third-order valence-electron chi connectivity index (χ3n) is 3.06. The Morgan fingerprint density at radius 3 is 2.80 bits per heavy atom. The molecule has 1 aromatic heterocycles. The molecule has 1 unspecified atom stereocenters. The molecule has 1 atom stereocenters. The largest absolute Gasteiger partial charge is 0.433 e. The van der Waals surface area contributed by atoms with E-state index in [0.717, 1.165) is 6.07 Å². The first-order chi connectivity index (χ1) is 9.29. The Kier molecular flexibility index (Phi) is 3.80. The summed E-state index contributed by atoms with van der Waals surface area (Å²) in [6.45, 7) is 3.24. The van der Waals surface area contributed by atoms with Crippen LogP contribution in [0.2, 0.25) is 0 Å². The van der Waals surface area contributed by atoms with Crippen molar-refractivity contribution in [1.29, 1.82) is 0 Å². The molecule has 1 aliphatic rings. The Morgan fingerprint density at radius 1 is 1.55 bits per heavy atom. The van der Waals surface area contributed by atoms with Crippen LogP contribution in [0.25, 0.3) is 0 Å². The topological polar surface area (TPSA) is 71.3 Å². The lowest BCUT2D eigenvalue weighted by Crippen LogP contribution is -2.49. The maximum Gasteiger partial charge on any atom is 0.433 e. The van der Waals surface area contributed by atoms with Crippen LogP contribution in [0.5, 0.6) is 0 Å². The van der Waals surface area contributed by atoms with Crippen LogP contribution in [0.3, 0.4) is 0 Å². The van der Waals surface area contributed by atoms with Crippen molar-refractivity contribution in [2.75, 3.05) is 24.5 Å². The molecule has 0 radical (unpaired) electrons. The van der Waals surface area contributed by atoms with E-state index < -0.39 is 22.5 Å². The first-order valence-electron chi connectivity index (χ1n) is 5.99. The number of alkyl halides is 3. The smallest absolute Gasteiger partial charge is 0.363 e. The van der Waals surface area contributed by atoms with Crippen molar-refractivity contribution in [1.82, 2.24) is 10.3 Å². The molecule has 0 aliphatic carbocycles. The third-order valence-corrected chi connectivity index (χ3v) is 3.06. The number of anilines is 1. The molecule has 20 heavy (non-hydrogen) atoms. The molecule has 0 bridgehead atoms. The van der Waals surface area contributed by atoms with Crippen LogP contribution in [0.15, 0.2) is 12.3 Å². The summed E-state index contributed by atoms with van der Waals surface area (Å²) in [6.07, 6.45) is -3.95. The second-order valence-corrected chi connectivity index (χ2v) is 4.61. The average Bonchev–Trinajstić information content (AvgIpc) is 2.37. The molecular formula is C11H13F3N4O2. The van der Waals surface area contributed by atoms with E-state index in [0.29, 0.717) is 25.8 Å². The third kappa shape index (κ3) is 2.98. The Morgan fingerprint density at radius 2 is 2.25 bits per heavy atom. The number of hydrogen-bond donors (Lipinski definition) is 1. The number of piperazine rings is 1. The summed E-state index contributed by atoms with van der Waals surface area (Å²) in [5.41, 5.74) is -1.57. The molecule has 0 amide bonds. The van der Waals surface area contributed by atoms with Gasteiger partial charge in [0, 0.05) is 25.7 Å². The second kappa shape index (κ2) is 5.23. The number of nitrogens with zero attached hydrogens (tertiary/aromatic N) is 3. The molecule has 1 N–H and O–H groups in total. The minimum Gasteiger partial charge on any atom is -0.363 e. The predicted molar refractivity (Wildman–Crippen MR) is 65.6 cm³/mol. The van der Waals surface area contributed by atoms with Crippen LogP contribution in [0, 0.1) is 10.1 Å². The summed E-state index contributed by atoms with van der Waals surface area (Å²) < 4.78 is 38.0. The zero-order valence-corrected chi connectivity index (χ0v) is 10.6. The first kappa shape index (κ1) is 14.5. The molecule has 2 heterocycles. The molecule has 1 aromatic rings. The van der Waals surface area contributed by atoms with Crippen molar-refractivity contribution in [3.05, 3.63) is 28.1 Å². The van der Waals surface area contributed by atoms with E-state index in [4.69, 9.17) is 0 Å². The monoisotopic (exact) mass is 290 g/mol. The van der Waals surface area contributed by atoms with E-state index in [-0.39, 0.29) is 11.7 Å². The zero-order valence-electron chi connectivity index (χ0n) is 10.6. The fraction of sp³-hybridized carbons (Fsp3) is 0.545. The Hall–Kier alpha value is -1.90. The lowest BCUT2D eigenvalue weighted by atomic mass is 10.2. The van der Waals surface area contributed by atoms with Gasteiger partial charge in [0.05, 0.1) is 4.92 Å². The molecular weight excluding hydrogens is 277 g/mol. The number of halogens is 3. The van der Waals surface area contributed by atoms with E-state index in [9.17, 15) is 23.3 Å². The van der Waals surface area contributed by atoms with Gasteiger partial charge in [0.2, 0.25) is 0 Å². The number of aromatic nitrogens is 1. The summed E-state index contributed by atoms with van der Waals surface area (Å²) in [5, 5.41) is 14.1. The normalized spacial score (nSPS) is 20.0. The summed E-state index contributed by atoms with van der Waals surface area (Å²) in [7, 11) is 0. The van der Waals surface area contributed by atoms with Gasteiger partial charge >= 0.3 is 11.9 Å². The molecule has 9 heteroatoms. The summed E-state index contributed by atoms with van der Waals surface area (Å²) in [4.78, 5) is 15.0. The van der Waals surface area contributed by atoms with Gasteiger partial charge in [-0.2, -0.15) is 13.2 Å². The van der Waals surface area contributed by atoms with Gasteiger partial charge in [-0.05, 0) is 13.0 Å². The van der Waals surface area contributed by atoms with Gasteiger partial charge in [0.25, 0.3) is 0 Å². The summed E-state index contributed by atoms with van der Waals surface area (Å²) in [5.74, 6) is 0. The van der Waals surface area contributed by atoms with E-state index in [1.54, 1.807) is 4.90 Å². The predicted octanol–water partition coefficient (Wildman–Crippen LogP) is 1.81. The average molecular weight is 290 g/mol. The maximum atomic E-state index is 12.7. The van der Waals surface area contributed by atoms with Gasteiger partial charge in [0.15, 0.2) is 0 Å². The molecule has 2 rings (SSSR count). The van der Waals surface area contributed by atoms with Crippen molar-refractivity contribution >= 4 is 11.4 Å². The lowest BCUT2D eigenvalue weighted by molar-refractivity contribution is -0.384. The molecule has 0 saturated carbocycles. The van der Waals surface area contributed by atoms with Crippen LogP contribution < -0.4 is 10.2 Å². The van der Waals surface area contributed by atoms with Crippen LogP contribution in [0.4, 0.5) is 24.5 Å². The highest BCUT2D eigenvalue weighted by molar-refractivity contribution is 5.63.